The highest BCUT2D eigenvalue weighted by Gasteiger charge is 2.64. The summed E-state index contributed by atoms with van der Waals surface area (Å²) in [5, 5.41) is 14.3. The van der Waals surface area contributed by atoms with E-state index in [4.69, 9.17) is 9.47 Å². The first kappa shape index (κ1) is 17.3. The molecule has 3 aliphatic rings. The average Bonchev–Trinajstić information content (AvgIpc) is 3.23. The Morgan fingerprint density at radius 3 is 2.64 bits per heavy atom. The molecule has 1 aliphatic heterocycles. The topological polar surface area (TPSA) is 50.7 Å². The minimum atomic E-state index is -0.479. The SMILES string of the molecule is CC(C)Oc1ccc(C(O)CNC2C3CCOC3C23CCCC3)cc1. The first-order valence-corrected chi connectivity index (χ1v) is 9.90. The third-order valence-corrected chi connectivity index (χ3v) is 6.45. The summed E-state index contributed by atoms with van der Waals surface area (Å²) in [7, 11) is 0. The van der Waals surface area contributed by atoms with Crippen molar-refractivity contribution in [1.82, 2.24) is 5.32 Å². The van der Waals surface area contributed by atoms with Gasteiger partial charge in [0, 0.05) is 30.5 Å². The van der Waals surface area contributed by atoms with E-state index in [1.54, 1.807) is 0 Å². The quantitative estimate of drug-likeness (QED) is 0.829. The third-order valence-electron chi connectivity index (χ3n) is 6.45. The molecule has 0 aromatic heterocycles. The van der Waals surface area contributed by atoms with Crippen LogP contribution in [-0.4, -0.2) is 36.5 Å². The molecular weight excluding hydrogens is 314 g/mol. The normalized spacial score (nSPS) is 31.1. The van der Waals surface area contributed by atoms with Crippen LogP contribution in [0.1, 0.15) is 57.6 Å². The third kappa shape index (κ3) is 3.09. The lowest BCUT2D eigenvalue weighted by molar-refractivity contribution is -0.132. The van der Waals surface area contributed by atoms with E-state index in [9.17, 15) is 5.11 Å². The molecular formula is C21H31NO3. The Labute approximate surface area is 150 Å². The minimum absolute atomic E-state index is 0.167. The van der Waals surface area contributed by atoms with Crippen LogP contribution < -0.4 is 10.1 Å². The van der Waals surface area contributed by atoms with Gasteiger partial charge in [0.1, 0.15) is 5.75 Å². The molecule has 2 aliphatic carbocycles. The van der Waals surface area contributed by atoms with Gasteiger partial charge in [-0.15, -0.1) is 0 Å². The van der Waals surface area contributed by atoms with Crippen molar-refractivity contribution in [3.8, 4) is 5.75 Å². The van der Waals surface area contributed by atoms with Gasteiger partial charge in [-0.05, 0) is 50.8 Å². The zero-order valence-electron chi connectivity index (χ0n) is 15.4. The van der Waals surface area contributed by atoms with Crippen LogP contribution in [0.25, 0.3) is 0 Å². The number of hydrogen-bond acceptors (Lipinski definition) is 4. The predicted molar refractivity (Wildman–Crippen MR) is 97.7 cm³/mol. The van der Waals surface area contributed by atoms with Crippen molar-refractivity contribution in [2.24, 2.45) is 11.3 Å². The molecule has 1 aromatic rings. The second-order valence-electron chi connectivity index (χ2n) is 8.32. The van der Waals surface area contributed by atoms with E-state index in [0.29, 0.717) is 30.0 Å². The zero-order chi connectivity index (χ0) is 17.4. The Balaban J connectivity index is 1.36. The van der Waals surface area contributed by atoms with Gasteiger partial charge in [-0.25, -0.2) is 0 Å². The van der Waals surface area contributed by atoms with Crippen LogP contribution in [0.5, 0.6) is 5.75 Å². The summed E-state index contributed by atoms with van der Waals surface area (Å²) in [6.07, 6.45) is 6.54. The Morgan fingerprint density at radius 1 is 1.24 bits per heavy atom. The molecule has 138 valence electrons. The van der Waals surface area contributed by atoms with E-state index < -0.39 is 6.10 Å². The summed E-state index contributed by atoms with van der Waals surface area (Å²) in [4.78, 5) is 0. The van der Waals surface area contributed by atoms with E-state index in [2.05, 4.69) is 5.32 Å². The summed E-state index contributed by atoms with van der Waals surface area (Å²) in [6, 6.07) is 8.35. The molecule has 1 aromatic carbocycles. The largest absolute Gasteiger partial charge is 0.491 e. The summed E-state index contributed by atoms with van der Waals surface area (Å²) >= 11 is 0. The molecule has 4 atom stereocenters. The van der Waals surface area contributed by atoms with Crippen LogP contribution in [0.3, 0.4) is 0 Å². The molecule has 1 heterocycles. The maximum absolute atomic E-state index is 10.6. The Bertz CT molecular complexity index is 579. The molecule has 4 rings (SSSR count). The molecule has 25 heavy (non-hydrogen) atoms. The van der Waals surface area contributed by atoms with Gasteiger partial charge in [0.2, 0.25) is 0 Å². The number of rotatable bonds is 6. The van der Waals surface area contributed by atoms with Crippen molar-refractivity contribution < 1.29 is 14.6 Å². The first-order chi connectivity index (χ1) is 12.1. The lowest BCUT2D eigenvalue weighted by Gasteiger charge is -2.57. The summed E-state index contributed by atoms with van der Waals surface area (Å²) in [5.41, 5.74) is 1.29. The molecule has 4 heteroatoms. The standard InChI is InChI=1S/C21H31NO3/c1-14(2)25-16-7-5-15(6-8-16)18(23)13-22-19-17-9-12-24-20(17)21(19)10-3-4-11-21/h5-8,14,17-20,22-23H,3-4,9-13H2,1-2H3. The van der Waals surface area contributed by atoms with E-state index in [1.165, 1.54) is 32.1 Å². The van der Waals surface area contributed by atoms with Crippen molar-refractivity contribution in [3.63, 3.8) is 0 Å². The highest BCUT2D eigenvalue weighted by Crippen LogP contribution is 2.60. The van der Waals surface area contributed by atoms with Crippen LogP contribution >= 0.6 is 0 Å². The fourth-order valence-corrected chi connectivity index (χ4v) is 5.41. The monoisotopic (exact) mass is 345 g/mol. The summed E-state index contributed by atoms with van der Waals surface area (Å²) < 4.78 is 11.7. The number of ether oxygens (including phenoxy) is 2. The van der Waals surface area contributed by atoms with Gasteiger partial charge in [0.15, 0.2) is 0 Å². The van der Waals surface area contributed by atoms with Crippen molar-refractivity contribution >= 4 is 0 Å². The maximum Gasteiger partial charge on any atom is 0.119 e. The predicted octanol–water partition coefficient (Wildman–Crippen LogP) is 3.44. The van der Waals surface area contributed by atoms with Gasteiger partial charge in [-0.2, -0.15) is 0 Å². The number of aliphatic hydroxyl groups is 1. The van der Waals surface area contributed by atoms with E-state index >= 15 is 0 Å². The van der Waals surface area contributed by atoms with E-state index in [0.717, 1.165) is 17.9 Å². The van der Waals surface area contributed by atoms with Crippen LogP contribution in [-0.2, 0) is 4.74 Å². The Morgan fingerprint density at radius 2 is 1.96 bits per heavy atom. The van der Waals surface area contributed by atoms with Crippen molar-refractivity contribution in [2.45, 2.75) is 70.3 Å². The Kier molecular flexibility index (Phi) is 4.78. The van der Waals surface area contributed by atoms with Crippen molar-refractivity contribution in [3.05, 3.63) is 29.8 Å². The number of aliphatic hydroxyl groups excluding tert-OH is 1. The van der Waals surface area contributed by atoms with Crippen molar-refractivity contribution in [2.75, 3.05) is 13.2 Å². The fourth-order valence-electron chi connectivity index (χ4n) is 5.41. The second kappa shape index (κ2) is 6.90. The van der Waals surface area contributed by atoms with Crippen LogP contribution in [0.4, 0.5) is 0 Å². The average molecular weight is 345 g/mol. The molecule has 2 N–H and O–H groups in total. The van der Waals surface area contributed by atoms with Crippen LogP contribution in [0, 0.1) is 11.3 Å². The Hall–Kier alpha value is -1.10. The lowest BCUT2D eigenvalue weighted by atomic mass is 9.54. The van der Waals surface area contributed by atoms with Gasteiger partial charge in [-0.3, -0.25) is 0 Å². The van der Waals surface area contributed by atoms with Crippen LogP contribution in [0.15, 0.2) is 24.3 Å². The number of nitrogens with one attached hydrogen (secondary N) is 1. The fraction of sp³-hybridized carbons (Fsp3) is 0.714. The lowest BCUT2D eigenvalue weighted by Crippen LogP contribution is -2.67. The summed E-state index contributed by atoms with van der Waals surface area (Å²) in [5.74, 6) is 1.50. The molecule has 1 saturated heterocycles. The molecule has 2 saturated carbocycles. The number of fused-ring (bicyclic) bond motifs is 2. The van der Waals surface area contributed by atoms with Gasteiger partial charge in [-0.1, -0.05) is 25.0 Å². The van der Waals surface area contributed by atoms with Crippen LogP contribution in [0.2, 0.25) is 0 Å². The molecule has 0 amide bonds. The molecule has 0 bridgehead atoms. The number of hydrogen-bond donors (Lipinski definition) is 2. The minimum Gasteiger partial charge on any atom is -0.491 e. The summed E-state index contributed by atoms with van der Waals surface area (Å²) in [6.45, 7) is 5.56. The van der Waals surface area contributed by atoms with Gasteiger partial charge < -0.3 is 19.9 Å². The zero-order valence-corrected chi connectivity index (χ0v) is 15.4. The van der Waals surface area contributed by atoms with Gasteiger partial charge >= 0.3 is 0 Å². The first-order valence-electron chi connectivity index (χ1n) is 9.90. The van der Waals surface area contributed by atoms with Gasteiger partial charge in [0.05, 0.1) is 18.3 Å². The molecule has 4 nitrogen and oxygen atoms in total. The highest BCUT2D eigenvalue weighted by molar-refractivity contribution is 5.29. The number of benzene rings is 1. The van der Waals surface area contributed by atoms with Crippen molar-refractivity contribution in [1.29, 1.82) is 0 Å². The highest BCUT2D eigenvalue weighted by atomic mass is 16.5. The van der Waals surface area contributed by atoms with Gasteiger partial charge in [0.25, 0.3) is 0 Å². The van der Waals surface area contributed by atoms with E-state index in [-0.39, 0.29) is 6.10 Å². The molecule has 0 radical (unpaired) electrons. The molecule has 1 spiro atoms. The smallest absolute Gasteiger partial charge is 0.119 e. The molecule has 3 fully saturated rings. The molecule has 4 unspecified atom stereocenters. The second-order valence-corrected chi connectivity index (χ2v) is 8.32. The van der Waals surface area contributed by atoms with E-state index in [1.807, 2.05) is 38.1 Å². The maximum atomic E-state index is 10.6.